The molecule has 82 valence electrons. The first-order valence-electron chi connectivity index (χ1n) is 4.95. The van der Waals surface area contributed by atoms with Gasteiger partial charge < -0.3 is 5.32 Å². The van der Waals surface area contributed by atoms with Gasteiger partial charge in [0.25, 0.3) is 5.91 Å². The Morgan fingerprint density at radius 2 is 2.20 bits per heavy atom. The number of hydrogen-bond acceptors (Lipinski definition) is 3. The van der Waals surface area contributed by atoms with Crippen LogP contribution in [0.15, 0.2) is 18.5 Å². The second-order valence-corrected chi connectivity index (χ2v) is 3.93. The Hall–Kier alpha value is -0.970. The number of carbonyl (C=O) groups is 1. The predicted octanol–water partition coefficient (Wildman–Crippen LogP) is 1.77. The van der Waals surface area contributed by atoms with E-state index in [0.717, 1.165) is 24.6 Å². The van der Waals surface area contributed by atoms with Crippen LogP contribution in [0.1, 0.15) is 29.6 Å². The molecule has 1 N–H and O–H groups in total. The number of alkyl halides is 1. The molecule has 1 amide bonds. The molecule has 0 saturated carbocycles. The molecule has 15 heavy (non-hydrogen) atoms. The lowest BCUT2D eigenvalue weighted by atomic mass is 10.2. The van der Waals surface area contributed by atoms with Gasteiger partial charge in [0.2, 0.25) is 0 Å². The van der Waals surface area contributed by atoms with E-state index in [1.54, 1.807) is 6.07 Å². The highest BCUT2D eigenvalue weighted by Crippen LogP contribution is 1.98. The summed E-state index contributed by atoms with van der Waals surface area (Å²) < 4.78 is 0. The largest absolute Gasteiger partial charge is 0.352 e. The van der Waals surface area contributed by atoms with Crippen LogP contribution in [0.2, 0.25) is 0 Å². The minimum Gasteiger partial charge on any atom is -0.352 e. The zero-order valence-electron chi connectivity index (χ0n) is 8.45. The summed E-state index contributed by atoms with van der Waals surface area (Å²) in [4.78, 5) is 11.5. The van der Waals surface area contributed by atoms with Gasteiger partial charge in [0.05, 0.1) is 18.0 Å². The minimum absolute atomic E-state index is 0.0799. The van der Waals surface area contributed by atoms with Crippen molar-refractivity contribution in [2.75, 3.05) is 11.9 Å². The van der Waals surface area contributed by atoms with E-state index in [1.165, 1.54) is 12.4 Å². The molecule has 1 aromatic rings. The Morgan fingerprint density at radius 3 is 2.87 bits per heavy atom. The third-order valence-electron chi connectivity index (χ3n) is 1.94. The lowest BCUT2D eigenvalue weighted by Gasteiger charge is -2.03. The van der Waals surface area contributed by atoms with Crippen LogP contribution in [-0.4, -0.2) is 28.0 Å². The number of amides is 1. The maximum absolute atomic E-state index is 11.5. The topological polar surface area (TPSA) is 54.9 Å². The molecule has 0 aromatic carbocycles. The van der Waals surface area contributed by atoms with Crippen LogP contribution in [0, 0.1) is 0 Å². The molecule has 0 fully saturated rings. The average Bonchev–Trinajstić information content (AvgIpc) is 2.30. The van der Waals surface area contributed by atoms with E-state index in [1.807, 2.05) is 0 Å². The van der Waals surface area contributed by atoms with Crippen molar-refractivity contribution in [3.05, 3.63) is 24.0 Å². The van der Waals surface area contributed by atoms with Gasteiger partial charge in [0, 0.05) is 11.9 Å². The smallest absolute Gasteiger partial charge is 0.252 e. The number of carbonyl (C=O) groups excluding carboxylic acids is 1. The Morgan fingerprint density at radius 1 is 1.33 bits per heavy atom. The molecule has 0 bridgehead atoms. The van der Waals surface area contributed by atoms with Gasteiger partial charge in [-0.25, -0.2) is 0 Å². The van der Waals surface area contributed by atoms with Gasteiger partial charge in [-0.15, -0.1) is 0 Å². The maximum atomic E-state index is 11.5. The first-order valence-corrected chi connectivity index (χ1v) is 6.07. The molecule has 0 aliphatic rings. The van der Waals surface area contributed by atoms with Gasteiger partial charge in [-0.1, -0.05) is 22.4 Å². The number of nitrogens with one attached hydrogen (secondary N) is 1. The Labute approximate surface area is 97.6 Å². The molecular formula is C10H14BrN3O. The molecule has 1 rings (SSSR count). The SMILES string of the molecule is O=C(NCCCCCBr)c1ccnnc1. The van der Waals surface area contributed by atoms with E-state index in [0.29, 0.717) is 12.1 Å². The highest BCUT2D eigenvalue weighted by Gasteiger charge is 2.03. The number of nitrogens with zero attached hydrogens (tertiary/aromatic N) is 2. The molecule has 5 heteroatoms. The zero-order chi connectivity index (χ0) is 10.9. The monoisotopic (exact) mass is 271 g/mol. The lowest BCUT2D eigenvalue weighted by molar-refractivity contribution is 0.0952. The molecule has 4 nitrogen and oxygen atoms in total. The average molecular weight is 272 g/mol. The van der Waals surface area contributed by atoms with E-state index in [9.17, 15) is 4.79 Å². The van der Waals surface area contributed by atoms with Crippen LogP contribution in [0.3, 0.4) is 0 Å². The van der Waals surface area contributed by atoms with Crippen molar-refractivity contribution in [2.45, 2.75) is 19.3 Å². The summed E-state index contributed by atoms with van der Waals surface area (Å²) in [5.74, 6) is -0.0799. The van der Waals surface area contributed by atoms with Crippen molar-refractivity contribution in [3.63, 3.8) is 0 Å². The predicted molar refractivity (Wildman–Crippen MR) is 62.0 cm³/mol. The van der Waals surface area contributed by atoms with Crippen molar-refractivity contribution in [3.8, 4) is 0 Å². The van der Waals surface area contributed by atoms with E-state index in [2.05, 4.69) is 31.4 Å². The summed E-state index contributed by atoms with van der Waals surface area (Å²) in [5, 5.41) is 11.1. The van der Waals surface area contributed by atoms with Crippen molar-refractivity contribution in [1.82, 2.24) is 15.5 Å². The van der Waals surface area contributed by atoms with Crippen LogP contribution in [-0.2, 0) is 0 Å². The van der Waals surface area contributed by atoms with Crippen molar-refractivity contribution in [2.24, 2.45) is 0 Å². The highest BCUT2D eigenvalue weighted by molar-refractivity contribution is 9.09. The fraction of sp³-hybridized carbons (Fsp3) is 0.500. The van der Waals surface area contributed by atoms with Gasteiger partial charge in [-0.05, 0) is 18.9 Å². The van der Waals surface area contributed by atoms with Crippen molar-refractivity contribution >= 4 is 21.8 Å². The van der Waals surface area contributed by atoms with Crippen LogP contribution >= 0.6 is 15.9 Å². The van der Waals surface area contributed by atoms with Crippen LogP contribution < -0.4 is 5.32 Å². The fourth-order valence-corrected chi connectivity index (χ4v) is 1.52. The van der Waals surface area contributed by atoms with Gasteiger partial charge in [0.15, 0.2) is 0 Å². The molecular weight excluding hydrogens is 258 g/mol. The lowest BCUT2D eigenvalue weighted by Crippen LogP contribution is -2.24. The van der Waals surface area contributed by atoms with Crippen molar-refractivity contribution < 1.29 is 4.79 Å². The standard InChI is InChI=1S/C10H14BrN3O/c11-5-2-1-3-6-12-10(15)9-4-7-13-14-8-9/h4,7-8H,1-3,5-6H2,(H,12,15). The summed E-state index contributed by atoms with van der Waals surface area (Å²) in [7, 11) is 0. The second-order valence-electron chi connectivity index (χ2n) is 3.14. The molecule has 1 aromatic heterocycles. The Balaban J connectivity index is 2.20. The first kappa shape index (κ1) is 12.1. The van der Waals surface area contributed by atoms with Crippen molar-refractivity contribution in [1.29, 1.82) is 0 Å². The second kappa shape index (κ2) is 7.34. The Kier molecular flexibility index (Phi) is 5.92. The molecule has 0 radical (unpaired) electrons. The van der Waals surface area contributed by atoms with Crippen LogP contribution in [0.4, 0.5) is 0 Å². The van der Waals surface area contributed by atoms with Gasteiger partial charge in [0.1, 0.15) is 0 Å². The molecule has 1 heterocycles. The van der Waals surface area contributed by atoms with E-state index in [4.69, 9.17) is 0 Å². The first-order chi connectivity index (χ1) is 7.34. The molecule has 0 aliphatic heterocycles. The van der Waals surface area contributed by atoms with Gasteiger partial charge in [-0.3, -0.25) is 4.79 Å². The quantitative estimate of drug-likeness (QED) is 0.634. The van der Waals surface area contributed by atoms with Gasteiger partial charge in [-0.2, -0.15) is 10.2 Å². The Bertz CT molecular complexity index is 292. The summed E-state index contributed by atoms with van der Waals surface area (Å²) >= 11 is 3.36. The van der Waals surface area contributed by atoms with Gasteiger partial charge >= 0.3 is 0 Å². The summed E-state index contributed by atoms with van der Waals surface area (Å²) in [6.07, 6.45) is 6.26. The minimum atomic E-state index is -0.0799. The number of halogens is 1. The van der Waals surface area contributed by atoms with E-state index >= 15 is 0 Å². The number of unbranched alkanes of at least 4 members (excludes halogenated alkanes) is 2. The fourth-order valence-electron chi connectivity index (χ4n) is 1.13. The molecule has 0 spiro atoms. The summed E-state index contributed by atoms with van der Waals surface area (Å²) in [6, 6.07) is 1.65. The van der Waals surface area contributed by atoms with E-state index < -0.39 is 0 Å². The number of aromatic nitrogens is 2. The summed E-state index contributed by atoms with van der Waals surface area (Å²) in [6.45, 7) is 0.716. The molecule has 0 saturated heterocycles. The van der Waals surface area contributed by atoms with E-state index in [-0.39, 0.29) is 5.91 Å². The number of rotatable bonds is 6. The zero-order valence-corrected chi connectivity index (χ0v) is 10.0. The molecule has 0 aliphatic carbocycles. The normalized spacial score (nSPS) is 9.93. The van der Waals surface area contributed by atoms with Crippen LogP contribution in [0.5, 0.6) is 0 Å². The third-order valence-corrected chi connectivity index (χ3v) is 2.50. The highest BCUT2D eigenvalue weighted by atomic mass is 79.9. The third kappa shape index (κ3) is 4.88. The van der Waals surface area contributed by atoms with Crippen LogP contribution in [0.25, 0.3) is 0 Å². The molecule has 0 unspecified atom stereocenters. The number of hydrogen-bond donors (Lipinski definition) is 1. The molecule has 0 atom stereocenters. The summed E-state index contributed by atoms with van der Waals surface area (Å²) in [5.41, 5.74) is 0.561. The maximum Gasteiger partial charge on any atom is 0.252 e.